The van der Waals surface area contributed by atoms with Gasteiger partial charge in [0.2, 0.25) is 0 Å². The van der Waals surface area contributed by atoms with Crippen molar-refractivity contribution in [1.29, 1.82) is 0 Å². The first kappa shape index (κ1) is 13.3. The van der Waals surface area contributed by atoms with E-state index < -0.39 is 10.9 Å². The highest BCUT2D eigenvalue weighted by molar-refractivity contribution is 8.40. The van der Waals surface area contributed by atoms with Gasteiger partial charge in [-0.05, 0) is 29.9 Å². The molecule has 0 aliphatic carbocycles. The minimum atomic E-state index is -0.418. The summed E-state index contributed by atoms with van der Waals surface area (Å²) in [5, 5.41) is 10.9. The van der Waals surface area contributed by atoms with Gasteiger partial charge in [-0.15, -0.1) is 5.10 Å². The van der Waals surface area contributed by atoms with Crippen LogP contribution in [0.3, 0.4) is 0 Å². The second-order valence-corrected chi connectivity index (χ2v) is 7.40. The molecule has 0 fully saturated rings. The molecule has 4 rings (SSSR count). The lowest BCUT2D eigenvalue weighted by molar-refractivity contribution is 1.16. The molecule has 0 amide bonds. The Morgan fingerprint density at radius 1 is 0.955 bits per heavy atom. The zero-order valence-electron chi connectivity index (χ0n) is 12.1. The van der Waals surface area contributed by atoms with E-state index in [1.165, 1.54) is 10.9 Å². The average Bonchev–Trinajstić information content (AvgIpc) is 3.20. The first-order chi connectivity index (χ1) is 10.9. The molecule has 110 valence electrons. The van der Waals surface area contributed by atoms with Crippen molar-refractivity contribution < 1.29 is 0 Å². The fraction of sp³-hybridized carbons (Fsp3) is 0.111. The number of fused-ring (bicyclic) bond motifs is 1. The number of aryl methyl sites for hydroxylation is 1. The summed E-state index contributed by atoms with van der Waals surface area (Å²) < 4.78 is 0. The third kappa shape index (κ3) is 2.57. The predicted molar refractivity (Wildman–Crippen MR) is 97.3 cm³/mol. The Hall–Kier alpha value is -2.33. The normalized spacial score (nSPS) is 18.7. The standard InChI is InChI=1S/C18H17N3S/c1-2-6-14(7-3-1)10-11-22-13-19-21-18(22)17-12-15-8-4-5-9-16(15)20-17/h1-9,12-13,20,22H,10-11H2. The molecule has 22 heavy (non-hydrogen) atoms. The van der Waals surface area contributed by atoms with E-state index >= 15 is 0 Å². The van der Waals surface area contributed by atoms with Crippen LogP contribution in [0.2, 0.25) is 0 Å². The van der Waals surface area contributed by atoms with Gasteiger partial charge < -0.3 is 4.98 Å². The third-order valence-electron chi connectivity index (χ3n) is 3.87. The number of aromatic nitrogens is 1. The van der Waals surface area contributed by atoms with E-state index in [0.717, 1.165) is 28.4 Å². The second-order valence-electron chi connectivity index (χ2n) is 5.35. The van der Waals surface area contributed by atoms with Crippen LogP contribution < -0.4 is 0 Å². The molecule has 1 aliphatic rings. The fourth-order valence-electron chi connectivity index (χ4n) is 2.72. The first-order valence-corrected chi connectivity index (χ1v) is 8.99. The van der Waals surface area contributed by atoms with Crippen molar-refractivity contribution in [2.75, 3.05) is 5.75 Å². The molecule has 4 heteroatoms. The number of nitrogens with zero attached hydrogens (tertiary/aromatic N) is 2. The summed E-state index contributed by atoms with van der Waals surface area (Å²) in [5.74, 6) is 1.09. The monoisotopic (exact) mass is 307 g/mol. The summed E-state index contributed by atoms with van der Waals surface area (Å²) >= 11 is 0. The van der Waals surface area contributed by atoms with Gasteiger partial charge in [0.25, 0.3) is 0 Å². The van der Waals surface area contributed by atoms with E-state index in [1.54, 1.807) is 0 Å². The average molecular weight is 307 g/mol. The van der Waals surface area contributed by atoms with Crippen molar-refractivity contribution in [3.63, 3.8) is 0 Å². The quantitative estimate of drug-likeness (QED) is 0.681. The lowest BCUT2D eigenvalue weighted by Crippen LogP contribution is -2.05. The molecule has 1 aromatic heterocycles. The van der Waals surface area contributed by atoms with E-state index in [1.807, 2.05) is 11.6 Å². The number of nitrogens with one attached hydrogen (secondary N) is 1. The van der Waals surface area contributed by atoms with Gasteiger partial charge in [-0.3, -0.25) is 0 Å². The van der Waals surface area contributed by atoms with Gasteiger partial charge in [-0.25, -0.2) is 0 Å². The van der Waals surface area contributed by atoms with Crippen molar-refractivity contribution in [2.45, 2.75) is 6.42 Å². The number of benzene rings is 2. The van der Waals surface area contributed by atoms with Gasteiger partial charge in [0.15, 0.2) is 0 Å². The molecular weight excluding hydrogens is 290 g/mol. The van der Waals surface area contributed by atoms with Crippen molar-refractivity contribution in [2.24, 2.45) is 10.2 Å². The molecular formula is C18H17N3S. The maximum Gasteiger partial charge on any atom is 0.128 e. The van der Waals surface area contributed by atoms with E-state index in [4.69, 9.17) is 0 Å². The van der Waals surface area contributed by atoms with Gasteiger partial charge in [0.1, 0.15) is 5.04 Å². The molecule has 2 aromatic carbocycles. The molecule has 1 N–H and O–H groups in total. The number of rotatable bonds is 4. The predicted octanol–water partition coefficient (Wildman–Crippen LogP) is 4.12. The highest BCUT2D eigenvalue weighted by Gasteiger charge is 2.18. The van der Waals surface area contributed by atoms with Gasteiger partial charge in [-0.1, -0.05) is 48.5 Å². The second kappa shape index (κ2) is 5.81. The Morgan fingerprint density at radius 2 is 1.77 bits per heavy atom. The lowest BCUT2D eigenvalue weighted by Gasteiger charge is -2.13. The number of thiol groups is 1. The smallest absolute Gasteiger partial charge is 0.128 e. The molecule has 2 heterocycles. The Kier molecular flexibility index (Phi) is 3.52. The van der Waals surface area contributed by atoms with E-state index in [-0.39, 0.29) is 0 Å². The summed E-state index contributed by atoms with van der Waals surface area (Å²) in [5.41, 5.74) is 5.67. The van der Waals surface area contributed by atoms with Crippen LogP contribution in [0.1, 0.15) is 11.3 Å². The van der Waals surface area contributed by atoms with E-state index in [2.05, 4.69) is 69.8 Å². The van der Waals surface area contributed by atoms with Crippen molar-refractivity contribution >= 4 is 32.4 Å². The number of para-hydroxylation sites is 1. The number of hydrogen-bond donors (Lipinski definition) is 2. The van der Waals surface area contributed by atoms with E-state index in [0.29, 0.717) is 0 Å². The van der Waals surface area contributed by atoms with Crippen LogP contribution in [0.4, 0.5) is 0 Å². The zero-order valence-corrected chi connectivity index (χ0v) is 13.0. The summed E-state index contributed by atoms with van der Waals surface area (Å²) in [7, 11) is -0.418. The maximum absolute atomic E-state index is 4.38. The van der Waals surface area contributed by atoms with Crippen molar-refractivity contribution in [3.8, 4) is 0 Å². The molecule has 1 aliphatic heterocycles. The first-order valence-electron chi connectivity index (χ1n) is 7.40. The van der Waals surface area contributed by atoms with Gasteiger partial charge in [0, 0.05) is 10.9 Å². The molecule has 0 spiro atoms. The molecule has 3 aromatic rings. The van der Waals surface area contributed by atoms with Crippen molar-refractivity contribution in [3.05, 3.63) is 71.9 Å². The Labute approximate surface area is 132 Å². The molecule has 1 unspecified atom stereocenters. The van der Waals surface area contributed by atoms with Gasteiger partial charge >= 0.3 is 0 Å². The maximum atomic E-state index is 4.38. The van der Waals surface area contributed by atoms with Crippen LogP contribution in [0.15, 0.2) is 70.9 Å². The molecule has 3 nitrogen and oxygen atoms in total. The third-order valence-corrected chi connectivity index (χ3v) is 5.83. The topological polar surface area (TPSA) is 40.5 Å². The Morgan fingerprint density at radius 3 is 2.64 bits per heavy atom. The Balaban J connectivity index is 1.54. The van der Waals surface area contributed by atoms with E-state index in [9.17, 15) is 0 Å². The van der Waals surface area contributed by atoms with Gasteiger partial charge in [0.05, 0.1) is 11.2 Å². The molecule has 0 radical (unpaired) electrons. The highest BCUT2D eigenvalue weighted by atomic mass is 32.2. The van der Waals surface area contributed by atoms with Crippen LogP contribution >= 0.6 is 10.9 Å². The number of aromatic amines is 1. The molecule has 0 saturated heterocycles. The highest BCUT2D eigenvalue weighted by Crippen LogP contribution is 2.34. The minimum absolute atomic E-state index is 0.418. The summed E-state index contributed by atoms with van der Waals surface area (Å²) in [6, 6.07) is 21.1. The molecule has 1 atom stereocenters. The summed E-state index contributed by atoms with van der Waals surface area (Å²) in [4.78, 5) is 3.47. The Bertz CT molecular complexity index is 816. The largest absolute Gasteiger partial charge is 0.353 e. The van der Waals surface area contributed by atoms with Crippen LogP contribution in [-0.4, -0.2) is 21.3 Å². The van der Waals surface area contributed by atoms with Crippen LogP contribution in [-0.2, 0) is 6.42 Å². The summed E-state index contributed by atoms with van der Waals surface area (Å²) in [6.07, 6.45) is 1.07. The minimum Gasteiger partial charge on any atom is -0.353 e. The number of H-pyrrole nitrogens is 1. The van der Waals surface area contributed by atoms with Crippen LogP contribution in [0, 0.1) is 0 Å². The van der Waals surface area contributed by atoms with Crippen molar-refractivity contribution in [1.82, 2.24) is 4.98 Å². The van der Waals surface area contributed by atoms with Gasteiger partial charge in [-0.2, -0.15) is 16.0 Å². The molecule has 0 saturated carbocycles. The molecule has 0 bridgehead atoms. The zero-order chi connectivity index (χ0) is 14.8. The lowest BCUT2D eigenvalue weighted by atomic mass is 10.2. The summed E-state index contributed by atoms with van der Waals surface area (Å²) in [6.45, 7) is 0. The fourth-order valence-corrected chi connectivity index (χ4v) is 4.42. The van der Waals surface area contributed by atoms with Crippen LogP contribution in [0.5, 0.6) is 0 Å². The SMILES string of the molecule is C1=NN=C(c2cc3ccccc3[nH]2)[SH]1CCc1ccccc1. The van der Waals surface area contributed by atoms with Crippen LogP contribution in [0.25, 0.3) is 10.9 Å². The number of hydrogen-bond acceptors (Lipinski definition) is 2.